The first kappa shape index (κ1) is 17.0. The number of amides is 1. The number of nitrogens with zero attached hydrogens (tertiary/aromatic N) is 1. The van der Waals surface area contributed by atoms with Crippen LogP contribution in [0.5, 0.6) is 0 Å². The van der Waals surface area contributed by atoms with Gasteiger partial charge in [-0.15, -0.1) is 0 Å². The second-order valence-corrected chi connectivity index (χ2v) is 6.11. The maximum Gasteiger partial charge on any atom is 0.310 e. The zero-order chi connectivity index (χ0) is 15.2. The monoisotopic (exact) mass is 284 g/mol. The molecule has 5 nitrogen and oxygen atoms in total. The quantitative estimate of drug-likeness (QED) is 0.700. The minimum absolute atomic E-state index is 0.00995. The first-order valence-electron chi connectivity index (χ1n) is 7.66. The Balaban J connectivity index is 2.47. The van der Waals surface area contributed by atoms with Gasteiger partial charge in [-0.1, -0.05) is 19.8 Å². The van der Waals surface area contributed by atoms with Gasteiger partial charge in [0, 0.05) is 13.1 Å². The number of unbranched alkanes of at least 4 members (excludes halogenated alkanes) is 2. The van der Waals surface area contributed by atoms with Crippen LogP contribution in [0.25, 0.3) is 0 Å². The van der Waals surface area contributed by atoms with Crippen molar-refractivity contribution in [2.75, 3.05) is 19.6 Å². The van der Waals surface area contributed by atoms with Crippen molar-refractivity contribution in [1.82, 2.24) is 10.2 Å². The molecule has 1 fully saturated rings. The third-order valence-electron chi connectivity index (χ3n) is 4.25. The molecule has 2 unspecified atom stereocenters. The van der Waals surface area contributed by atoms with Gasteiger partial charge in [-0.05, 0) is 39.7 Å². The topological polar surface area (TPSA) is 69.6 Å². The van der Waals surface area contributed by atoms with E-state index in [1.54, 1.807) is 6.92 Å². The molecule has 1 aliphatic heterocycles. The average molecular weight is 284 g/mol. The van der Waals surface area contributed by atoms with Crippen molar-refractivity contribution >= 4 is 11.9 Å². The van der Waals surface area contributed by atoms with E-state index in [-0.39, 0.29) is 11.9 Å². The molecule has 0 radical (unpaired) electrons. The molecule has 0 aromatic carbocycles. The van der Waals surface area contributed by atoms with Crippen LogP contribution >= 0.6 is 0 Å². The summed E-state index contributed by atoms with van der Waals surface area (Å²) in [5, 5.41) is 12.3. The number of aliphatic carboxylic acids is 1. The molecule has 2 atom stereocenters. The molecule has 5 heteroatoms. The molecule has 0 saturated carbocycles. The number of carboxylic acids is 1. The molecule has 2 N–H and O–H groups in total. The van der Waals surface area contributed by atoms with E-state index >= 15 is 0 Å². The second kappa shape index (κ2) is 7.62. The van der Waals surface area contributed by atoms with E-state index in [4.69, 9.17) is 0 Å². The van der Waals surface area contributed by atoms with Gasteiger partial charge in [0.15, 0.2) is 0 Å². The molecule has 20 heavy (non-hydrogen) atoms. The first-order chi connectivity index (χ1) is 9.40. The molecular weight excluding hydrogens is 256 g/mol. The molecule has 0 aromatic heterocycles. The van der Waals surface area contributed by atoms with Gasteiger partial charge in [-0.25, -0.2) is 0 Å². The fourth-order valence-electron chi connectivity index (χ4n) is 2.68. The molecule has 1 amide bonds. The number of carboxylic acid groups (broad SMARTS) is 1. The second-order valence-electron chi connectivity index (χ2n) is 6.11. The zero-order valence-corrected chi connectivity index (χ0v) is 12.9. The summed E-state index contributed by atoms with van der Waals surface area (Å²) in [7, 11) is 0. The molecule has 0 spiro atoms. The Morgan fingerprint density at radius 2 is 2.10 bits per heavy atom. The van der Waals surface area contributed by atoms with E-state index in [1.165, 1.54) is 0 Å². The lowest BCUT2D eigenvalue weighted by molar-refractivity contribution is -0.152. The predicted octanol–water partition coefficient (Wildman–Crippen LogP) is 1.87. The highest BCUT2D eigenvalue weighted by molar-refractivity contribution is 5.81. The number of hydrogen-bond acceptors (Lipinski definition) is 3. The molecule has 1 saturated heterocycles. The number of rotatable bonds is 7. The van der Waals surface area contributed by atoms with Crippen LogP contribution in [0.15, 0.2) is 0 Å². The Morgan fingerprint density at radius 3 is 2.70 bits per heavy atom. The smallest absolute Gasteiger partial charge is 0.310 e. The Kier molecular flexibility index (Phi) is 6.46. The number of nitrogens with one attached hydrogen (secondary N) is 1. The summed E-state index contributed by atoms with van der Waals surface area (Å²) in [6, 6.07) is -0.254. The van der Waals surface area contributed by atoms with Gasteiger partial charge in [0.2, 0.25) is 5.91 Å². The zero-order valence-electron chi connectivity index (χ0n) is 12.9. The third-order valence-corrected chi connectivity index (χ3v) is 4.25. The Morgan fingerprint density at radius 1 is 1.40 bits per heavy atom. The predicted molar refractivity (Wildman–Crippen MR) is 78.5 cm³/mol. The maximum absolute atomic E-state index is 12.1. The fraction of sp³-hybridized carbons (Fsp3) is 0.867. The standard InChI is InChI=1S/C15H28N2O3/c1-4-5-6-9-16-13(18)12(2)17-10-7-8-15(3,11-17)14(19)20/h12H,4-11H2,1-3H3,(H,16,18)(H,19,20). The first-order valence-corrected chi connectivity index (χ1v) is 7.66. The molecule has 1 aliphatic rings. The van der Waals surface area contributed by atoms with Crippen molar-refractivity contribution in [3.8, 4) is 0 Å². The van der Waals surface area contributed by atoms with Crippen LogP contribution in [0.2, 0.25) is 0 Å². The minimum Gasteiger partial charge on any atom is -0.481 e. The van der Waals surface area contributed by atoms with Crippen molar-refractivity contribution < 1.29 is 14.7 Å². The number of carbonyl (C=O) groups excluding carboxylic acids is 1. The number of piperidine rings is 1. The number of hydrogen-bond donors (Lipinski definition) is 2. The van der Waals surface area contributed by atoms with Gasteiger partial charge >= 0.3 is 5.97 Å². The highest BCUT2D eigenvalue weighted by atomic mass is 16.4. The van der Waals surface area contributed by atoms with Gasteiger partial charge in [0.25, 0.3) is 0 Å². The van der Waals surface area contributed by atoms with Gasteiger partial charge < -0.3 is 10.4 Å². The van der Waals surface area contributed by atoms with E-state index < -0.39 is 11.4 Å². The van der Waals surface area contributed by atoms with Gasteiger partial charge in [-0.3, -0.25) is 14.5 Å². The molecule has 1 rings (SSSR count). The molecule has 0 aromatic rings. The highest BCUT2D eigenvalue weighted by Gasteiger charge is 2.40. The van der Waals surface area contributed by atoms with Crippen LogP contribution in [0, 0.1) is 5.41 Å². The molecule has 1 heterocycles. The number of likely N-dealkylation sites (tertiary alicyclic amines) is 1. The summed E-state index contributed by atoms with van der Waals surface area (Å²) in [5.41, 5.74) is -0.727. The molecule has 116 valence electrons. The highest BCUT2D eigenvalue weighted by Crippen LogP contribution is 2.30. The average Bonchev–Trinajstić information content (AvgIpc) is 2.42. The normalized spacial score (nSPS) is 25.1. The van der Waals surface area contributed by atoms with Gasteiger partial charge in [0.1, 0.15) is 0 Å². The SMILES string of the molecule is CCCCCNC(=O)C(C)N1CCCC(C)(C(=O)O)C1. The fourth-order valence-corrected chi connectivity index (χ4v) is 2.68. The van der Waals surface area contributed by atoms with Crippen molar-refractivity contribution in [1.29, 1.82) is 0 Å². The molecular formula is C15H28N2O3. The lowest BCUT2D eigenvalue weighted by atomic mass is 9.81. The maximum atomic E-state index is 12.1. The Bertz CT molecular complexity index is 346. The lowest BCUT2D eigenvalue weighted by Gasteiger charge is -2.40. The van der Waals surface area contributed by atoms with Crippen molar-refractivity contribution in [2.45, 2.75) is 58.9 Å². The van der Waals surface area contributed by atoms with Gasteiger partial charge in [-0.2, -0.15) is 0 Å². The van der Waals surface area contributed by atoms with E-state index in [0.717, 1.165) is 32.2 Å². The van der Waals surface area contributed by atoms with E-state index in [0.29, 0.717) is 19.5 Å². The van der Waals surface area contributed by atoms with Gasteiger partial charge in [0.05, 0.1) is 11.5 Å². The van der Waals surface area contributed by atoms with Crippen LogP contribution in [-0.2, 0) is 9.59 Å². The van der Waals surface area contributed by atoms with E-state index in [9.17, 15) is 14.7 Å². The van der Waals surface area contributed by atoms with Crippen LogP contribution < -0.4 is 5.32 Å². The van der Waals surface area contributed by atoms with Crippen LogP contribution in [0.3, 0.4) is 0 Å². The summed E-state index contributed by atoms with van der Waals surface area (Å²) in [4.78, 5) is 25.4. The largest absolute Gasteiger partial charge is 0.481 e. The van der Waals surface area contributed by atoms with Crippen LogP contribution in [0.4, 0.5) is 0 Å². The van der Waals surface area contributed by atoms with Crippen molar-refractivity contribution in [2.24, 2.45) is 5.41 Å². The summed E-state index contributed by atoms with van der Waals surface area (Å²) < 4.78 is 0. The van der Waals surface area contributed by atoms with E-state index in [1.807, 2.05) is 11.8 Å². The van der Waals surface area contributed by atoms with Crippen molar-refractivity contribution in [3.63, 3.8) is 0 Å². The molecule has 0 bridgehead atoms. The van der Waals surface area contributed by atoms with Crippen molar-refractivity contribution in [3.05, 3.63) is 0 Å². The third kappa shape index (κ3) is 4.47. The summed E-state index contributed by atoms with van der Waals surface area (Å²) in [5.74, 6) is -0.756. The summed E-state index contributed by atoms with van der Waals surface area (Å²) in [6.45, 7) is 7.72. The minimum atomic E-state index is -0.766. The number of carbonyl (C=O) groups is 2. The van der Waals surface area contributed by atoms with E-state index in [2.05, 4.69) is 12.2 Å². The Hall–Kier alpha value is -1.10. The summed E-state index contributed by atoms with van der Waals surface area (Å²) in [6.07, 6.45) is 4.77. The van der Waals surface area contributed by atoms with Crippen LogP contribution in [-0.4, -0.2) is 47.6 Å². The lowest BCUT2D eigenvalue weighted by Crippen LogP contribution is -2.53. The molecule has 0 aliphatic carbocycles. The summed E-state index contributed by atoms with van der Waals surface area (Å²) >= 11 is 0. The van der Waals surface area contributed by atoms with Crippen LogP contribution in [0.1, 0.15) is 52.9 Å². The Labute approximate surface area is 121 Å².